The maximum Gasteiger partial charge on any atom is 1.00 e. The third-order valence-corrected chi connectivity index (χ3v) is 12.1. The van der Waals surface area contributed by atoms with E-state index in [1.807, 2.05) is 39.8 Å². The molecule has 24 heteroatoms. The summed E-state index contributed by atoms with van der Waals surface area (Å²) in [5.74, 6) is -0.549. The van der Waals surface area contributed by atoms with Crippen molar-refractivity contribution in [3.8, 4) is 22.9 Å². The topological polar surface area (TPSA) is 270 Å². The van der Waals surface area contributed by atoms with E-state index in [1.54, 1.807) is 62.4 Å². The zero-order chi connectivity index (χ0) is 48.0. The number of nitrogens with one attached hydrogen (secondary N) is 2. The monoisotopic (exact) mass is 1030 g/mol. The van der Waals surface area contributed by atoms with Gasteiger partial charge in [-0.2, -0.15) is 10.2 Å². The van der Waals surface area contributed by atoms with Gasteiger partial charge >= 0.3 is 29.6 Å². The second-order valence-corrected chi connectivity index (χ2v) is 18.5. The van der Waals surface area contributed by atoms with Crippen LogP contribution >= 0.6 is 0 Å². The van der Waals surface area contributed by atoms with E-state index in [0.717, 1.165) is 0 Å². The van der Waals surface area contributed by atoms with Crippen molar-refractivity contribution in [2.45, 2.75) is 76.4 Å². The number of aromatic nitrogens is 4. The van der Waals surface area contributed by atoms with E-state index in [0.29, 0.717) is 48.8 Å². The first-order valence-electron chi connectivity index (χ1n) is 20.7. The average Bonchev–Trinajstić information content (AvgIpc) is 3.74. The number of sulfonamides is 2. The number of aryl methyl sites for hydroxylation is 2. The van der Waals surface area contributed by atoms with E-state index in [1.165, 1.54) is 45.8 Å². The SMILES string of the molecule is Cc1nn(-c2ccccc2)c(=O)[c-]1N=Nc1cc(S(=O)(=O)NCCCOC(C)C)ccc1O.Cc1nn(-c2ccccc2)c(=O)[c-]1N=Nc1cc(S(=O)(=O)NCCCOC(C)C)ccc1O.[Co].[Na+]. The fourth-order valence-corrected chi connectivity index (χ4v) is 7.97. The van der Waals surface area contributed by atoms with Crippen LogP contribution in [0.3, 0.4) is 0 Å². The molecule has 0 aliphatic carbocycles. The Balaban J connectivity index is 0.000000350. The van der Waals surface area contributed by atoms with E-state index in [-0.39, 0.29) is 116 Å². The van der Waals surface area contributed by atoms with Gasteiger partial charge in [-0.25, -0.2) is 45.8 Å². The maximum absolute atomic E-state index is 12.7. The molecule has 0 amide bonds. The van der Waals surface area contributed by atoms with Crippen LogP contribution in [0.15, 0.2) is 137 Å². The van der Waals surface area contributed by atoms with Crippen LogP contribution in [0.4, 0.5) is 22.7 Å². The number of ether oxygens (including phenoxy) is 2. The predicted molar refractivity (Wildman–Crippen MR) is 247 cm³/mol. The number of phenolic OH excluding ortho intramolecular Hbond substituents is 2. The first-order chi connectivity index (χ1) is 31.4. The summed E-state index contributed by atoms with van der Waals surface area (Å²) in [5, 5.41) is 44.4. The molecule has 2 aromatic heterocycles. The van der Waals surface area contributed by atoms with Gasteiger partial charge in [0.2, 0.25) is 20.0 Å². The van der Waals surface area contributed by atoms with Gasteiger partial charge in [0.25, 0.3) is 0 Å². The van der Waals surface area contributed by atoms with Crippen LogP contribution < -0.4 is 50.1 Å². The van der Waals surface area contributed by atoms with E-state index < -0.39 is 31.2 Å². The van der Waals surface area contributed by atoms with E-state index in [4.69, 9.17) is 9.47 Å². The number of hydrogen-bond acceptors (Lipinski definition) is 16. The molecule has 361 valence electrons. The van der Waals surface area contributed by atoms with Crippen LogP contribution in [0.5, 0.6) is 11.5 Å². The molecular formula is C44H52CoN10NaO10S2-. The van der Waals surface area contributed by atoms with Crippen molar-refractivity contribution in [3.05, 3.63) is 129 Å². The predicted octanol–water partition coefficient (Wildman–Crippen LogP) is 3.95. The van der Waals surface area contributed by atoms with Crippen LogP contribution in [-0.4, -0.2) is 85.1 Å². The van der Waals surface area contributed by atoms with Crippen molar-refractivity contribution in [1.82, 2.24) is 29.0 Å². The molecule has 0 fully saturated rings. The third-order valence-electron chi connectivity index (χ3n) is 9.14. The van der Waals surface area contributed by atoms with Gasteiger partial charge in [-0.1, -0.05) is 61.6 Å². The third kappa shape index (κ3) is 16.0. The number of para-hydroxylation sites is 2. The van der Waals surface area contributed by atoms with Crippen LogP contribution in [0.2, 0.25) is 0 Å². The number of phenols is 2. The summed E-state index contributed by atoms with van der Waals surface area (Å²) in [6.45, 7) is 12.1. The maximum atomic E-state index is 12.7. The molecule has 0 spiro atoms. The molecule has 0 saturated heterocycles. The normalized spacial score (nSPS) is 11.8. The molecule has 6 rings (SSSR count). The molecule has 0 saturated carbocycles. The molecule has 0 atom stereocenters. The van der Waals surface area contributed by atoms with Gasteiger partial charge in [-0.05, 0) is 101 Å². The Morgan fingerprint density at radius 3 is 1.31 bits per heavy atom. The molecule has 4 aromatic carbocycles. The number of benzene rings is 4. The summed E-state index contributed by atoms with van der Waals surface area (Å²) in [6, 6.07) is 25.0. The summed E-state index contributed by atoms with van der Waals surface area (Å²) >= 11 is 0. The molecule has 20 nitrogen and oxygen atoms in total. The van der Waals surface area contributed by atoms with E-state index >= 15 is 0 Å². The molecular weight excluding hydrogens is 975 g/mol. The zero-order valence-corrected chi connectivity index (χ0v) is 43.2. The summed E-state index contributed by atoms with van der Waals surface area (Å²) in [6.07, 6.45) is 1.17. The standard InChI is InChI=1S/2C22H26N5O5S.Co.Na/c2*1-15(2)32-13-7-12-23-33(30,31)18-10-11-20(28)19(14-18)24-25-21-16(3)26-27(22(21)29)17-8-5-4-6-9-17;;/h2*4-6,8-11,14-15,23,28H,7,12-13H2,1-3H3;;/q2*-1;;+1. The zero-order valence-electron chi connectivity index (χ0n) is 38.5. The van der Waals surface area contributed by atoms with Gasteiger partial charge in [-0.3, -0.25) is 0 Å². The Hall–Kier alpha value is -5.05. The average molecular weight is 1030 g/mol. The van der Waals surface area contributed by atoms with Crippen molar-refractivity contribution in [3.63, 3.8) is 0 Å². The van der Waals surface area contributed by atoms with Crippen molar-refractivity contribution >= 4 is 42.8 Å². The Bertz CT molecular complexity index is 2780. The Kier molecular flexibility index (Phi) is 22.4. The van der Waals surface area contributed by atoms with Crippen molar-refractivity contribution in [2.24, 2.45) is 20.5 Å². The van der Waals surface area contributed by atoms with Gasteiger partial charge in [0, 0.05) is 43.1 Å². The second-order valence-electron chi connectivity index (χ2n) is 15.0. The molecule has 0 aliphatic rings. The van der Waals surface area contributed by atoms with Crippen molar-refractivity contribution < 1.29 is 82.9 Å². The van der Waals surface area contributed by atoms with Crippen LogP contribution in [-0.2, 0) is 46.3 Å². The largest absolute Gasteiger partial charge is 1.00 e. The second kappa shape index (κ2) is 26.6. The van der Waals surface area contributed by atoms with Gasteiger partial charge in [0.1, 0.15) is 34.0 Å². The molecule has 4 N–H and O–H groups in total. The van der Waals surface area contributed by atoms with Gasteiger partial charge in [-0.15, -0.1) is 11.4 Å². The minimum absolute atomic E-state index is 0. The molecule has 68 heavy (non-hydrogen) atoms. The molecule has 0 unspecified atom stereocenters. The van der Waals surface area contributed by atoms with Crippen molar-refractivity contribution in [1.29, 1.82) is 0 Å². The Morgan fingerprint density at radius 1 is 0.618 bits per heavy atom. The first kappa shape index (κ1) is 57.3. The number of aromatic hydroxyl groups is 2. The van der Waals surface area contributed by atoms with Gasteiger partial charge in [0.15, 0.2) is 0 Å². The number of nitrogens with zero attached hydrogens (tertiary/aromatic N) is 8. The molecule has 0 bridgehead atoms. The summed E-state index contributed by atoms with van der Waals surface area (Å²) in [5.41, 5.74) is 0.708. The van der Waals surface area contributed by atoms with E-state index in [9.17, 15) is 36.6 Å². The summed E-state index contributed by atoms with van der Waals surface area (Å²) in [4.78, 5) is 25.2. The molecule has 0 aliphatic heterocycles. The minimum atomic E-state index is -3.83. The van der Waals surface area contributed by atoms with Crippen LogP contribution in [0, 0.1) is 13.8 Å². The number of rotatable bonds is 20. The minimum Gasteiger partial charge on any atom is -0.506 e. The fraction of sp³-hybridized carbons (Fsp3) is 0.318. The molecule has 6 aromatic rings. The smallest absolute Gasteiger partial charge is 0.506 e. The number of hydrogen-bond donors (Lipinski definition) is 4. The fourth-order valence-electron chi connectivity index (χ4n) is 5.79. The van der Waals surface area contributed by atoms with Crippen molar-refractivity contribution in [2.75, 3.05) is 26.3 Å². The Morgan fingerprint density at radius 2 is 0.971 bits per heavy atom. The summed E-state index contributed by atoms with van der Waals surface area (Å²) < 4.78 is 68.4. The van der Waals surface area contributed by atoms with Gasteiger partial charge in [0.05, 0.1) is 33.4 Å². The molecule has 2 heterocycles. The van der Waals surface area contributed by atoms with Gasteiger partial charge < -0.3 is 39.5 Å². The van der Waals surface area contributed by atoms with E-state index in [2.05, 4.69) is 40.1 Å². The quantitative estimate of drug-likeness (QED) is 0.0367. The summed E-state index contributed by atoms with van der Waals surface area (Å²) in [7, 11) is -7.66. The first-order valence-corrected chi connectivity index (χ1v) is 23.7. The Labute approximate surface area is 426 Å². The molecule has 1 radical (unpaired) electrons. The van der Waals surface area contributed by atoms with Crippen LogP contribution in [0.1, 0.15) is 51.9 Å². The number of azo groups is 2. The van der Waals surface area contributed by atoms with Crippen LogP contribution in [0.25, 0.3) is 11.4 Å².